The zero-order chi connectivity index (χ0) is 40.7. The third-order valence-electron chi connectivity index (χ3n) is 10.0. The topological polar surface area (TPSA) is 184 Å². The fourth-order valence-electron chi connectivity index (χ4n) is 6.12. The van der Waals surface area contributed by atoms with Gasteiger partial charge in [0.2, 0.25) is 17.7 Å². The predicted octanol–water partition coefficient (Wildman–Crippen LogP) is 6.75. The van der Waals surface area contributed by atoms with E-state index in [-0.39, 0.29) is 34.6 Å². The van der Waals surface area contributed by atoms with Crippen molar-refractivity contribution in [1.29, 1.82) is 0 Å². The Balaban J connectivity index is 0.000000246. The largest absolute Gasteiger partial charge is 0.381 e. The first-order chi connectivity index (χ1) is 25.6. The number of aromatic nitrogens is 2. The van der Waals surface area contributed by atoms with Crippen LogP contribution in [0.4, 0.5) is 11.0 Å². The van der Waals surface area contributed by atoms with E-state index in [0.29, 0.717) is 63.7 Å². The average Bonchev–Trinajstić information content (AvgIpc) is 3.74. The number of sulfone groups is 2. The molecule has 2 aromatic heterocycles. The number of hydrogen-bond donors (Lipinski definition) is 2. The molecule has 2 amide bonds. The molecule has 16 heteroatoms. The first kappa shape index (κ1) is 44.5. The van der Waals surface area contributed by atoms with Crippen LogP contribution in [-0.4, -0.2) is 86.2 Å². The lowest BCUT2D eigenvalue weighted by atomic mass is 9.91. The van der Waals surface area contributed by atoms with E-state index in [0.717, 1.165) is 28.2 Å². The number of amides is 2. The number of nitrogens with zero attached hydrogens (tertiary/aromatic N) is 2. The highest BCUT2D eigenvalue weighted by Crippen LogP contribution is 2.33. The summed E-state index contributed by atoms with van der Waals surface area (Å²) in [6.07, 6.45) is 4.30. The summed E-state index contributed by atoms with van der Waals surface area (Å²) in [6.45, 7) is 16.4. The minimum Gasteiger partial charge on any atom is -0.381 e. The molecule has 2 fully saturated rings. The van der Waals surface area contributed by atoms with E-state index < -0.39 is 41.0 Å². The Morgan fingerprint density at radius 3 is 1.75 bits per heavy atom. The lowest BCUT2D eigenvalue weighted by Gasteiger charge is -2.28. The maximum absolute atomic E-state index is 13.0. The zero-order valence-corrected chi connectivity index (χ0v) is 35.8. The lowest BCUT2D eigenvalue weighted by Crippen LogP contribution is -2.47. The van der Waals surface area contributed by atoms with Gasteiger partial charge in [0, 0.05) is 42.9 Å². The second-order valence-corrected chi connectivity index (χ2v) is 22.8. The summed E-state index contributed by atoms with van der Waals surface area (Å²) in [5, 5.41) is 9.68. The van der Waals surface area contributed by atoms with Crippen LogP contribution in [0.15, 0.2) is 40.9 Å². The van der Waals surface area contributed by atoms with Gasteiger partial charge in [0.15, 0.2) is 24.8 Å². The fourth-order valence-corrected chi connectivity index (χ4v) is 10.4. The smallest absolute Gasteiger partial charge is 0.247 e. The molecule has 2 N–H and O–H groups in total. The number of ether oxygens (including phenoxy) is 2. The number of carbonyl (C=O) groups excluding carboxylic acids is 2. The van der Waals surface area contributed by atoms with Gasteiger partial charge in [-0.25, -0.2) is 21.8 Å². The third-order valence-corrected chi connectivity index (χ3v) is 16.5. The molecule has 0 saturated carbocycles. The van der Waals surface area contributed by atoms with E-state index in [2.05, 4.69) is 41.5 Å². The van der Waals surface area contributed by atoms with Crippen LogP contribution in [0.3, 0.4) is 0 Å². The first-order valence-corrected chi connectivity index (χ1v) is 23.0. The Labute approximate surface area is 330 Å². The summed E-state index contributed by atoms with van der Waals surface area (Å²) in [7, 11) is -7.26. The molecule has 2 saturated heterocycles. The highest BCUT2D eigenvalue weighted by molar-refractivity contribution is 7.93. The number of rotatable bonds is 13. The lowest BCUT2D eigenvalue weighted by molar-refractivity contribution is -0.118. The molecule has 0 bridgehead atoms. The van der Waals surface area contributed by atoms with Crippen molar-refractivity contribution in [3.8, 4) is 11.3 Å². The van der Waals surface area contributed by atoms with Crippen molar-refractivity contribution in [2.24, 2.45) is 17.3 Å². The summed E-state index contributed by atoms with van der Waals surface area (Å²) < 4.78 is 64.2. The van der Waals surface area contributed by atoms with Crippen molar-refractivity contribution in [1.82, 2.24) is 10.1 Å². The van der Waals surface area contributed by atoms with Crippen molar-refractivity contribution >= 4 is 53.8 Å². The molecule has 0 spiro atoms. The van der Waals surface area contributed by atoms with Gasteiger partial charge >= 0.3 is 0 Å². The van der Waals surface area contributed by atoms with E-state index in [1.54, 1.807) is 6.07 Å². The van der Waals surface area contributed by atoms with Crippen LogP contribution in [0.2, 0.25) is 0 Å². The van der Waals surface area contributed by atoms with E-state index in [4.69, 9.17) is 14.0 Å². The van der Waals surface area contributed by atoms with Gasteiger partial charge in [-0.3, -0.25) is 14.9 Å². The molecule has 5 rings (SSSR count). The number of anilines is 2. The number of carbonyl (C=O) groups is 2. The number of thiazole rings is 1. The molecule has 13 nitrogen and oxygen atoms in total. The first-order valence-electron chi connectivity index (χ1n) is 18.9. The summed E-state index contributed by atoms with van der Waals surface area (Å²) in [4.78, 5) is 31.2. The Hall–Kier alpha value is -3.18. The molecule has 0 aliphatic carbocycles. The second kappa shape index (κ2) is 18.4. The standard InChI is InChI=1S/C21H28N2O4S2.C18H30N2O5S/c1-4-17-18(16-8-6-5-7-9-16)22-20(28-17)23-19(24)21(2,3)29(25,26)14-15-10-12-27-13-11-15;1-17(2,3)11-14-10-15(25-20-14)19-16(21)18(4,5)26(22,23)12-13-6-8-24-9-7-13/h5-9,15H,4,10-14H2,1-3H3,(H,22,23,24);10,13H,6-9,11-12H2,1-5H3,(H,19,21). The molecule has 306 valence electrons. The molecule has 0 unspecified atom stereocenters. The maximum Gasteiger partial charge on any atom is 0.247 e. The van der Waals surface area contributed by atoms with E-state index in [9.17, 15) is 26.4 Å². The Morgan fingerprint density at radius 1 is 0.782 bits per heavy atom. The maximum atomic E-state index is 13.0. The zero-order valence-electron chi connectivity index (χ0n) is 33.4. The Bertz CT molecular complexity index is 1950. The Kier molecular flexibility index (Phi) is 14.9. The molecule has 55 heavy (non-hydrogen) atoms. The third kappa shape index (κ3) is 11.9. The van der Waals surface area contributed by atoms with E-state index in [1.807, 2.05) is 37.3 Å². The van der Waals surface area contributed by atoms with Gasteiger partial charge in [-0.15, -0.1) is 11.3 Å². The molecule has 0 radical (unpaired) electrons. The summed E-state index contributed by atoms with van der Waals surface area (Å²) >= 11 is 1.39. The fraction of sp³-hybridized carbons (Fsp3) is 0.641. The van der Waals surface area contributed by atoms with Crippen molar-refractivity contribution in [2.75, 3.05) is 48.6 Å². The average molecular weight is 823 g/mol. The van der Waals surface area contributed by atoms with Gasteiger partial charge in [0.05, 0.1) is 22.9 Å². The molecule has 2 aliphatic heterocycles. The summed E-state index contributed by atoms with van der Waals surface area (Å²) in [5.41, 5.74) is 2.56. The highest BCUT2D eigenvalue weighted by atomic mass is 32.2. The van der Waals surface area contributed by atoms with Crippen molar-refractivity contribution in [2.45, 2.75) is 103 Å². The van der Waals surface area contributed by atoms with E-state index >= 15 is 0 Å². The highest BCUT2D eigenvalue weighted by Gasteiger charge is 2.44. The van der Waals surface area contributed by atoms with Crippen LogP contribution < -0.4 is 10.6 Å². The van der Waals surface area contributed by atoms with Crippen LogP contribution in [0.25, 0.3) is 11.3 Å². The van der Waals surface area contributed by atoms with Crippen molar-refractivity contribution in [3.63, 3.8) is 0 Å². The number of aryl methyl sites for hydroxylation is 1. The monoisotopic (exact) mass is 822 g/mol. The van der Waals surface area contributed by atoms with Gasteiger partial charge in [-0.2, -0.15) is 0 Å². The van der Waals surface area contributed by atoms with Gasteiger partial charge in [-0.1, -0.05) is 63.2 Å². The Morgan fingerprint density at radius 2 is 1.27 bits per heavy atom. The van der Waals surface area contributed by atoms with Gasteiger partial charge in [0.1, 0.15) is 9.49 Å². The summed E-state index contributed by atoms with van der Waals surface area (Å²) in [5.74, 6) is -0.916. The molecule has 1 aromatic carbocycles. The minimum absolute atomic E-state index is 0.00409. The van der Waals surface area contributed by atoms with Gasteiger partial charge in [0.25, 0.3) is 0 Å². The van der Waals surface area contributed by atoms with Crippen LogP contribution in [-0.2, 0) is 51.6 Å². The summed E-state index contributed by atoms with van der Waals surface area (Å²) in [6, 6.07) is 11.4. The second-order valence-electron chi connectivity index (χ2n) is 16.5. The number of benzene rings is 1. The van der Waals surface area contributed by atoms with Crippen molar-refractivity contribution in [3.05, 3.63) is 47.0 Å². The molecular weight excluding hydrogens is 765 g/mol. The van der Waals surface area contributed by atoms with Crippen LogP contribution >= 0.6 is 11.3 Å². The van der Waals surface area contributed by atoms with Crippen LogP contribution in [0.5, 0.6) is 0 Å². The minimum atomic E-state index is -3.63. The van der Waals surface area contributed by atoms with Crippen LogP contribution in [0, 0.1) is 17.3 Å². The van der Waals surface area contributed by atoms with Crippen LogP contribution in [0.1, 0.15) is 91.6 Å². The molecule has 0 atom stereocenters. The van der Waals surface area contributed by atoms with Gasteiger partial charge in [-0.05, 0) is 83.5 Å². The molecule has 2 aliphatic rings. The predicted molar refractivity (Wildman–Crippen MR) is 217 cm³/mol. The van der Waals surface area contributed by atoms with Gasteiger partial charge < -0.3 is 19.3 Å². The number of nitrogens with one attached hydrogen (secondary N) is 2. The number of hydrogen-bond acceptors (Lipinski definition) is 12. The molecular formula is C39H58N4O9S3. The molecule has 3 aromatic rings. The SMILES string of the molecule is CC(C)(C)Cc1cc(NC(=O)C(C)(C)S(=O)(=O)CC2CCOCC2)on1.CCc1sc(NC(=O)C(C)(C)S(=O)(=O)CC2CCOCC2)nc1-c1ccccc1. The van der Waals surface area contributed by atoms with Crippen molar-refractivity contribution < 1.29 is 40.4 Å². The van der Waals surface area contributed by atoms with E-state index in [1.165, 1.54) is 39.0 Å². The normalized spacial score (nSPS) is 16.6. The molecule has 4 heterocycles. The quantitative estimate of drug-likeness (QED) is 0.186.